The number of hydrogen-bond donors (Lipinski definition) is 1. The number of ketones is 1. The molecule has 1 spiro atoms. The summed E-state index contributed by atoms with van der Waals surface area (Å²) < 4.78 is 13.1. The molecule has 9 nitrogen and oxygen atoms in total. The predicted octanol–water partition coefficient (Wildman–Crippen LogP) is 2.53. The van der Waals surface area contributed by atoms with Crippen LogP contribution in [0.1, 0.15) is 45.9 Å². The van der Waals surface area contributed by atoms with Gasteiger partial charge in [-0.05, 0) is 13.8 Å². The highest BCUT2D eigenvalue weighted by molar-refractivity contribution is 6.03. The molecule has 162 valence electrons. The summed E-state index contributed by atoms with van der Waals surface area (Å²) >= 11 is 0. The van der Waals surface area contributed by atoms with Gasteiger partial charge in [-0.25, -0.2) is 9.97 Å². The van der Waals surface area contributed by atoms with Crippen molar-refractivity contribution in [3.05, 3.63) is 52.5 Å². The number of ether oxygens (including phenoxy) is 2. The van der Waals surface area contributed by atoms with E-state index in [2.05, 4.69) is 21.1 Å². The van der Waals surface area contributed by atoms with E-state index < -0.39 is 11.5 Å². The molecule has 0 amide bonds. The number of anilines is 1. The van der Waals surface area contributed by atoms with Crippen molar-refractivity contribution in [2.45, 2.75) is 26.4 Å². The molecule has 32 heavy (non-hydrogen) atoms. The Morgan fingerprint density at radius 1 is 1.34 bits per heavy atom. The third kappa shape index (κ3) is 2.95. The van der Waals surface area contributed by atoms with Crippen LogP contribution in [0.15, 0.2) is 24.4 Å². The average molecular weight is 430 g/mol. The largest absolute Gasteiger partial charge is 0.467 e. The molecule has 1 fully saturated rings. The molecular formula is C23H22N6O3. The van der Waals surface area contributed by atoms with E-state index in [1.54, 1.807) is 7.05 Å². The SMILES string of the molecule is Cc1ccc2c(c1)[C@@H](C)Oc1nc(cnc1N)-c1c(nn(C)c1C#N)CC1(COC1)C2=O. The van der Waals surface area contributed by atoms with Crippen LogP contribution in [0.3, 0.4) is 0 Å². The molecule has 2 bridgehead atoms. The number of rotatable bonds is 0. The van der Waals surface area contributed by atoms with Crippen molar-refractivity contribution >= 4 is 11.6 Å². The first-order valence-electron chi connectivity index (χ1n) is 10.3. The Morgan fingerprint density at radius 2 is 2.12 bits per heavy atom. The van der Waals surface area contributed by atoms with Gasteiger partial charge in [-0.15, -0.1) is 0 Å². The molecule has 3 aromatic rings. The second-order valence-corrected chi connectivity index (χ2v) is 8.48. The maximum absolute atomic E-state index is 13.9. The summed E-state index contributed by atoms with van der Waals surface area (Å²) in [6, 6.07) is 7.89. The summed E-state index contributed by atoms with van der Waals surface area (Å²) in [5.74, 6) is 0.259. The molecule has 5 rings (SSSR count). The van der Waals surface area contributed by atoms with Crippen LogP contribution in [-0.2, 0) is 18.2 Å². The molecule has 0 aliphatic carbocycles. The van der Waals surface area contributed by atoms with Crippen LogP contribution < -0.4 is 10.5 Å². The molecule has 0 saturated carbocycles. The standard InChI is InChI=1S/C23H22N6O3/c1-12-4-5-14-15(6-12)13(2)32-22-21(25)26-9-17(27-22)19-16(28-29(3)18(19)8-24)7-23(20(14)30)10-31-11-23/h4-6,9,13H,7,10-11H2,1-3H3,(H2,25,26)/t13-/m1/s1. The minimum Gasteiger partial charge on any atom is -0.467 e. The van der Waals surface area contributed by atoms with Crippen molar-refractivity contribution in [1.29, 1.82) is 5.26 Å². The molecule has 2 N–H and O–H groups in total. The van der Waals surface area contributed by atoms with Crippen LogP contribution in [-0.4, -0.2) is 38.7 Å². The molecule has 2 aromatic heterocycles. The second-order valence-electron chi connectivity index (χ2n) is 8.48. The van der Waals surface area contributed by atoms with Gasteiger partial charge >= 0.3 is 0 Å². The van der Waals surface area contributed by atoms with Gasteiger partial charge in [0.1, 0.15) is 17.9 Å². The topological polar surface area (TPSA) is 129 Å². The van der Waals surface area contributed by atoms with E-state index in [9.17, 15) is 10.1 Å². The zero-order valence-electron chi connectivity index (χ0n) is 18.0. The van der Waals surface area contributed by atoms with Crippen molar-refractivity contribution in [2.24, 2.45) is 12.5 Å². The third-order valence-corrected chi connectivity index (χ3v) is 6.17. The van der Waals surface area contributed by atoms with E-state index in [1.165, 1.54) is 10.9 Å². The van der Waals surface area contributed by atoms with Crippen LogP contribution in [0, 0.1) is 23.7 Å². The smallest absolute Gasteiger partial charge is 0.258 e. The monoisotopic (exact) mass is 430 g/mol. The zero-order valence-corrected chi connectivity index (χ0v) is 18.0. The van der Waals surface area contributed by atoms with Crippen molar-refractivity contribution in [3.63, 3.8) is 0 Å². The van der Waals surface area contributed by atoms with Gasteiger partial charge in [0, 0.05) is 24.6 Å². The van der Waals surface area contributed by atoms with Gasteiger partial charge < -0.3 is 15.2 Å². The number of nitrogens with two attached hydrogens (primary N) is 1. The molecular weight excluding hydrogens is 408 g/mol. The summed E-state index contributed by atoms with van der Waals surface area (Å²) in [7, 11) is 1.69. The average Bonchev–Trinajstić information content (AvgIpc) is 3.05. The lowest BCUT2D eigenvalue weighted by molar-refractivity contribution is -0.0870. The van der Waals surface area contributed by atoms with Crippen molar-refractivity contribution in [1.82, 2.24) is 19.7 Å². The van der Waals surface area contributed by atoms with Crippen molar-refractivity contribution in [2.75, 3.05) is 18.9 Å². The summed E-state index contributed by atoms with van der Waals surface area (Å²) in [5.41, 5.74) is 9.50. The molecule has 0 radical (unpaired) electrons. The lowest BCUT2D eigenvalue weighted by atomic mass is 9.73. The summed E-state index contributed by atoms with van der Waals surface area (Å²) in [6.45, 7) is 4.38. The number of carbonyl (C=O) groups excluding carboxylic acids is 1. The van der Waals surface area contributed by atoms with E-state index in [-0.39, 0.29) is 30.7 Å². The number of Topliss-reactive ketones (excluding diaryl/α,β-unsaturated/α-hetero) is 1. The zero-order chi connectivity index (χ0) is 22.6. The van der Waals surface area contributed by atoms with Gasteiger partial charge in [0.15, 0.2) is 11.6 Å². The highest BCUT2D eigenvalue weighted by Gasteiger charge is 2.48. The summed E-state index contributed by atoms with van der Waals surface area (Å²) in [4.78, 5) is 22.7. The maximum atomic E-state index is 13.9. The Labute approximate surface area is 184 Å². The number of aromatic nitrogens is 4. The molecule has 1 aromatic carbocycles. The van der Waals surface area contributed by atoms with Gasteiger partial charge in [-0.2, -0.15) is 10.4 Å². The van der Waals surface area contributed by atoms with Gasteiger partial charge in [0.05, 0.1) is 41.8 Å². The number of nitrogens with zero attached hydrogens (tertiary/aromatic N) is 5. The van der Waals surface area contributed by atoms with Crippen LogP contribution in [0.25, 0.3) is 11.3 Å². The summed E-state index contributed by atoms with van der Waals surface area (Å²) in [5, 5.41) is 14.4. The Balaban J connectivity index is 1.79. The molecule has 0 unspecified atom stereocenters. The molecule has 1 saturated heterocycles. The van der Waals surface area contributed by atoms with E-state index in [4.69, 9.17) is 15.2 Å². The summed E-state index contributed by atoms with van der Waals surface area (Å²) in [6.07, 6.45) is 1.33. The highest BCUT2D eigenvalue weighted by Crippen LogP contribution is 2.41. The first kappa shape index (κ1) is 20.2. The first-order valence-corrected chi connectivity index (χ1v) is 10.3. The lowest BCUT2D eigenvalue weighted by Gasteiger charge is -2.40. The first-order chi connectivity index (χ1) is 15.3. The predicted molar refractivity (Wildman–Crippen MR) is 115 cm³/mol. The Hall–Kier alpha value is -3.77. The van der Waals surface area contributed by atoms with Gasteiger partial charge in [-0.3, -0.25) is 9.48 Å². The number of aryl methyl sites for hydroxylation is 2. The number of carbonyl (C=O) groups is 1. The highest BCUT2D eigenvalue weighted by atomic mass is 16.5. The quantitative estimate of drug-likeness (QED) is 0.576. The minimum atomic E-state index is -0.775. The van der Waals surface area contributed by atoms with Crippen LogP contribution in [0.5, 0.6) is 5.88 Å². The fourth-order valence-electron chi connectivity index (χ4n) is 4.41. The van der Waals surface area contributed by atoms with E-state index in [1.807, 2.05) is 32.0 Å². The molecule has 9 heteroatoms. The minimum absolute atomic E-state index is 0.0207. The number of hydrogen-bond acceptors (Lipinski definition) is 8. The fraction of sp³-hybridized carbons (Fsp3) is 0.348. The van der Waals surface area contributed by atoms with Crippen molar-refractivity contribution in [3.8, 4) is 23.2 Å². The lowest BCUT2D eigenvalue weighted by Crippen LogP contribution is -2.51. The Morgan fingerprint density at radius 3 is 2.81 bits per heavy atom. The van der Waals surface area contributed by atoms with E-state index >= 15 is 0 Å². The molecule has 1 atom stereocenters. The van der Waals surface area contributed by atoms with Gasteiger partial charge in [-0.1, -0.05) is 23.8 Å². The Kier molecular flexibility index (Phi) is 4.50. The van der Waals surface area contributed by atoms with Gasteiger partial charge in [0.25, 0.3) is 5.88 Å². The second kappa shape index (κ2) is 7.14. The fourth-order valence-corrected chi connectivity index (χ4v) is 4.41. The molecule has 2 aliphatic rings. The number of fused-ring (bicyclic) bond motifs is 5. The number of nitrogen functional groups attached to an aromatic ring is 1. The molecule has 2 aliphatic heterocycles. The normalized spacial score (nSPS) is 18.9. The molecule has 4 heterocycles. The van der Waals surface area contributed by atoms with Crippen LogP contribution >= 0.6 is 0 Å². The number of benzene rings is 1. The van der Waals surface area contributed by atoms with Crippen LogP contribution in [0.4, 0.5) is 5.82 Å². The van der Waals surface area contributed by atoms with E-state index in [0.29, 0.717) is 34.6 Å². The third-order valence-electron chi connectivity index (χ3n) is 6.17. The maximum Gasteiger partial charge on any atom is 0.258 e. The Bertz CT molecular complexity index is 1300. The van der Waals surface area contributed by atoms with Crippen LogP contribution in [0.2, 0.25) is 0 Å². The number of nitriles is 1. The van der Waals surface area contributed by atoms with Gasteiger partial charge in [0.2, 0.25) is 0 Å². The van der Waals surface area contributed by atoms with E-state index in [0.717, 1.165) is 11.1 Å². The van der Waals surface area contributed by atoms with Crippen molar-refractivity contribution < 1.29 is 14.3 Å².